The standard InChI is InChI=1S/C17H24F2N2O6S/c1-4-5-14(27-2)12(18)8-11-9-16(22)21(10-13(11)19)7-6-15(17(23)20-24)28(3,25)26/h4-5,8-10,15-17,20,22-24H,1,6-7H2,2-3H3/b12-8-,14-5+/t15-,16?,17?/m1/s1. The molecule has 28 heavy (non-hydrogen) atoms. The molecule has 0 saturated heterocycles. The zero-order chi connectivity index (χ0) is 21.5. The molecule has 4 N–H and O–H groups in total. The van der Waals surface area contributed by atoms with Gasteiger partial charge in [0.05, 0.1) is 7.11 Å². The third kappa shape index (κ3) is 6.53. The Morgan fingerprint density at radius 3 is 2.68 bits per heavy atom. The maximum Gasteiger partial charge on any atom is 0.165 e. The minimum absolute atomic E-state index is 0.166. The second kappa shape index (κ2) is 10.5. The van der Waals surface area contributed by atoms with Gasteiger partial charge in [-0.15, -0.1) is 0 Å². The van der Waals surface area contributed by atoms with Crippen molar-refractivity contribution in [3.05, 3.63) is 60.1 Å². The number of nitrogens with one attached hydrogen (secondary N) is 1. The van der Waals surface area contributed by atoms with Gasteiger partial charge in [-0.3, -0.25) is 0 Å². The average molecular weight is 422 g/mol. The van der Waals surface area contributed by atoms with Gasteiger partial charge in [0.25, 0.3) is 0 Å². The third-order valence-corrected chi connectivity index (χ3v) is 5.53. The van der Waals surface area contributed by atoms with Crippen molar-refractivity contribution in [2.45, 2.75) is 24.1 Å². The highest BCUT2D eigenvalue weighted by atomic mass is 32.2. The molecule has 1 rings (SSSR count). The first-order valence-electron chi connectivity index (χ1n) is 8.09. The molecule has 0 spiro atoms. The van der Waals surface area contributed by atoms with Crippen molar-refractivity contribution in [2.75, 3.05) is 19.9 Å². The number of aliphatic hydroxyl groups excluding tert-OH is 2. The van der Waals surface area contributed by atoms with Gasteiger partial charge in [-0.2, -0.15) is 5.48 Å². The van der Waals surface area contributed by atoms with Crippen LogP contribution in [0.2, 0.25) is 0 Å². The topological polar surface area (TPSA) is 119 Å². The van der Waals surface area contributed by atoms with E-state index < -0.39 is 39.2 Å². The van der Waals surface area contributed by atoms with E-state index in [0.717, 1.165) is 29.5 Å². The number of ether oxygens (including phenoxy) is 1. The molecule has 0 aliphatic carbocycles. The number of nitrogens with zero attached hydrogens (tertiary/aromatic N) is 1. The van der Waals surface area contributed by atoms with Crippen molar-refractivity contribution in [1.29, 1.82) is 0 Å². The second-order valence-electron chi connectivity index (χ2n) is 5.94. The molecule has 1 aliphatic rings. The third-order valence-electron chi connectivity index (χ3n) is 3.94. The van der Waals surface area contributed by atoms with Crippen molar-refractivity contribution in [3.8, 4) is 0 Å². The molecule has 11 heteroatoms. The molecule has 0 fully saturated rings. The van der Waals surface area contributed by atoms with Crippen LogP contribution in [0.15, 0.2) is 60.1 Å². The van der Waals surface area contributed by atoms with Crippen LogP contribution in [0.3, 0.4) is 0 Å². The van der Waals surface area contributed by atoms with Crippen LogP contribution < -0.4 is 5.48 Å². The van der Waals surface area contributed by atoms with Gasteiger partial charge in [0.2, 0.25) is 0 Å². The lowest BCUT2D eigenvalue weighted by Gasteiger charge is -2.30. The van der Waals surface area contributed by atoms with E-state index in [2.05, 4.69) is 6.58 Å². The summed E-state index contributed by atoms with van der Waals surface area (Å²) in [4.78, 5) is 1.07. The van der Waals surface area contributed by atoms with Crippen LogP contribution in [0, 0.1) is 0 Å². The van der Waals surface area contributed by atoms with Gasteiger partial charge in [0, 0.05) is 24.6 Å². The lowest BCUT2D eigenvalue weighted by Crippen LogP contribution is -2.45. The number of allylic oxidation sites excluding steroid dienone is 6. The van der Waals surface area contributed by atoms with E-state index in [-0.39, 0.29) is 24.3 Å². The Bertz CT molecular complexity index is 791. The summed E-state index contributed by atoms with van der Waals surface area (Å²) in [5.74, 6) is -1.93. The molecule has 0 aromatic rings. The number of rotatable bonds is 10. The fraction of sp³-hybridized carbons (Fsp3) is 0.412. The van der Waals surface area contributed by atoms with E-state index in [1.165, 1.54) is 24.7 Å². The Morgan fingerprint density at radius 2 is 2.18 bits per heavy atom. The molecule has 0 amide bonds. The summed E-state index contributed by atoms with van der Waals surface area (Å²) in [5, 5.41) is 27.1. The Kier molecular flexibility index (Phi) is 8.98. The van der Waals surface area contributed by atoms with Crippen LogP contribution in [-0.2, 0) is 14.6 Å². The quantitative estimate of drug-likeness (QED) is 0.178. The smallest absolute Gasteiger partial charge is 0.165 e. The minimum atomic E-state index is -3.75. The number of sulfone groups is 1. The van der Waals surface area contributed by atoms with E-state index >= 15 is 0 Å². The molecule has 0 saturated carbocycles. The number of halogens is 2. The first-order valence-corrected chi connectivity index (χ1v) is 10.0. The molecule has 158 valence electrons. The molecule has 1 aliphatic heterocycles. The van der Waals surface area contributed by atoms with E-state index in [1.807, 2.05) is 0 Å². The summed E-state index contributed by atoms with van der Waals surface area (Å²) in [7, 11) is -2.52. The SMILES string of the molecule is C=C/C=C(OC)\C(F)=C\C1=CC(O)N(CC[C@H](C(O)NO)S(C)(=O)=O)C=C1F. The molecule has 0 radical (unpaired) electrons. The van der Waals surface area contributed by atoms with Crippen LogP contribution in [0.5, 0.6) is 0 Å². The number of hydrogen-bond donors (Lipinski definition) is 4. The number of hydroxylamine groups is 1. The predicted octanol–water partition coefficient (Wildman–Crippen LogP) is 1.03. The summed E-state index contributed by atoms with van der Waals surface area (Å²) < 4.78 is 56.6. The van der Waals surface area contributed by atoms with Crippen LogP contribution in [0.25, 0.3) is 0 Å². The van der Waals surface area contributed by atoms with Gasteiger partial charge in [0.1, 0.15) is 23.5 Å². The molecule has 2 unspecified atom stereocenters. The zero-order valence-corrected chi connectivity index (χ0v) is 16.2. The first kappa shape index (κ1) is 24.0. The van der Waals surface area contributed by atoms with Crippen LogP contribution in [-0.4, -0.2) is 66.4 Å². The molecule has 0 bridgehead atoms. The summed E-state index contributed by atoms with van der Waals surface area (Å²) in [6, 6.07) is 0. The van der Waals surface area contributed by atoms with Crippen LogP contribution >= 0.6 is 0 Å². The minimum Gasteiger partial charge on any atom is -0.494 e. The van der Waals surface area contributed by atoms with Crippen LogP contribution in [0.4, 0.5) is 8.78 Å². The largest absolute Gasteiger partial charge is 0.494 e. The first-order chi connectivity index (χ1) is 13.0. The summed E-state index contributed by atoms with van der Waals surface area (Å²) in [5.41, 5.74) is 1.22. The normalized spacial score (nSPS) is 21.0. The Hall–Kier alpha value is -2.05. The predicted molar refractivity (Wildman–Crippen MR) is 98.6 cm³/mol. The molecule has 3 atom stereocenters. The van der Waals surface area contributed by atoms with Crippen molar-refractivity contribution in [3.63, 3.8) is 0 Å². The lowest BCUT2D eigenvalue weighted by molar-refractivity contribution is -0.00447. The number of hydrogen-bond acceptors (Lipinski definition) is 8. The van der Waals surface area contributed by atoms with E-state index in [0.29, 0.717) is 0 Å². The fourth-order valence-electron chi connectivity index (χ4n) is 2.47. The molecule has 0 aromatic carbocycles. The Morgan fingerprint density at radius 1 is 1.54 bits per heavy atom. The van der Waals surface area contributed by atoms with Gasteiger partial charge < -0.3 is 25.1 Å². The van der Waals surface area contributed by atoms with Gasteiger partial charge in [0.15, 0.2) is 21.4 Å². The monoisotopic (exact) mass is 422 g/mol. The lowest BCUT2D eigenvalue weighted by atomic mass is 10.1. The van der Waals surface area contributed by atoms with Gasteiger partial charge >= 0.3 is 0 Å². The van der Waals surface area contributed by atoms with Crippen LogP contribution in [0.1, 0.15) is 6.42 Å². The molecule has 1 heterocycles. The maximum atomic E-state index is 14.3. The highest BCUT2D eigenvalue weighted by Gasteiger charge is 2.30. The summed E-state index contributed by atoms with van der Waals surface area (Å²) in [6.07, 6.45) is 2.82. The Labute approximate surface area is 162 Å². The summed E-state index contributed by atoms with van der Waals surface area (Å²) in [6.45, 7) is 3.24. The molecular weight excluding hydrogens is 398 g/mol. The average Bonchev–Trinajstić information content (AvgIpc) is 2.61. The van der Waals surface area contributed by atoms with E-state index in [9.17, 15) is 27.4 Å². The van der Waals surface area contributed by atoms with Gasteiger partial charge in [-0.05, 0) is 24.6 Å². The van der Waals surface area contributed by atoms with E-state index in [4.69, 9.17) is 9.94 Å². The number of methoxy groups -OCH3 is 1. The second-order valence-corrected chi connectivity index (χ2v) is 8.21. The highest BCUT2D eigenvalue weighted by molar-refractivity contribution is 7.91. The van der Waals surface area contributed by atoms with Crippen molar-refractivity contribution in [1.82, 2.24) is 10.4 Å². The highest BCUT2D eigenvalue weighted by Crippen LogP contribution is 2.26. The molecule has 8 nitrogen and oxygen atoms in total. The molecule has 0 aromatic heterocycles. The van der Waals surface area contributed by atoms with Gasteiger partial charge in [-0.25, -0.2) is 17.2 Å². The van der Waals surface area contributed by atoms with Crippen molar-refractivity contribution in [2.24, 2.45) is 0 Å². The number of aliphatic hydroxyl groups is 2. The van der Waals surface area contributed by atoms with Gasteiger partial charge in [-0.1, -0.05) is 12.7 Å². The van der Waals surface area contributed by atoms with Crippen molar-refractivity contribution >= 4 is 9.84 Å². The molecular formula is C17H24F2N2O6S. The Balaban J connectivity index is 2.95. The fourth-order valence-corrected chi connectivity index (χ4v) is 3.53. The van der Waals surface area contributed by atoms with E-state index in [1.54, 1.807) is 0 Å². The zero-order valence-electron chi connectivity index (χ0n) is 15.4. The van der Waals surface area contributed by atoms with Crippen molar-refractivity contribution < 1.29 is 37.4 Å². The maximum absolute atomic E-state index is 14.3. The summed E-state index contributed by atoms with van der Waals surface area (Å²) >= 11 is 0.